The predicted molar refractivity (Wildman–Crippen MR) is 86.2 cm³/mol. The summed E-state index contributed by atoms with van der Waals surface area (Å²) in [6, 6.07) is 8.26. The lowest BCUT2D eigenvalue weighted by molar-refractivity contribution is -0.153. The molecular weight excluding hydrogens is 331 g/mol. The molecule has 25 heavy (non-hydrogen) atoms. The van der Waals surface area contributed by atoms with E-state index >= 15 is 0 Å². The van der Waals surface area contributed by atoms with Crippen LogP contribution in [0.3, 0.4) is 0 Å². The first-order valence-corrected chi connectivity index (χ1v) is 7.53. The molecule has 0 spiro atoms. The third-order valence-corrected chi connectivity index (χ3v) is 3.15. The average molecular weight is 348 g/mol. The van der Waals surface area contributed by atoms with Gasteiger partial charge >= 0.3 is 5.97 Å². The highest BCUT2D eigenvalue weighted by atomic mass is 19.1. The highest BCUT2D eigenvalue weighted by Crippen LogP contribution is 2.09. The maximum Gasteiger partial charge on any atom is 0.308 e. The lowest BCUT2D eigenvalue weighted by Crippen LogP contribution is -2.32. The second-order valence-corrected chi connectivity index (χ2v) is 5.11. The summed E-state index contributed by atoms with van der Waals surface area (Å²) in [5, 5.41) is 5.00. The number of esters is 1. The number of ether oxygens (including phenoxy) is 1. The summed E-state index contributed by atoms with van der Waals surface area (Å²) in [7, 11) is 0. The lowest BCUT2D eigenvalue weighted by Gasteiger charge is -2.13. The molecule has 8 heteroatoms. The number of hydrogen-bond acceptors (Lipinski definition) is 5. The highest BCUT2D eigenvalue weighted by molar-refractivity contribution is 5.95. The van der Waals surface area contributed by atoms with E-state index in [2.05, 4.69) is 10.6 Å². The smallest absolute Gasteiger partial charge is 0.308 e. The molecule has 0 radical (unpaired) electrons. The third kappa shape index (κ3) is 5.76. The van der Waals surface area contributed by atoms with Crippen LogP contribution in [-0.4, -0.2) is 30.4 Å². The maximum absolute atomic E-state index is 12.8. The standard InChI is InChI=1S/C17H17FN2O5/c1-11(16(22)20-13-6-4-12(18)5-7-13)25-15(21)8-9-19-17(23)14-3-2-10-24-14/h2-7,10-11H,8-9H2,1H3,(H,19,23)(H,20,22)/t11-/m0/s1. The SMILES string of the molecule is C[C@H](OC(=O)CCNC(=O)c1ccco1)C(=O)Nc1ccc(F)cc1. The Labute approximate surface area is 143 Å². The predicted octanol–water partition coefficient (Wildman–Crippen LogP) is 2.11. The van der Waals surface area contributed by atoms with Gasteiger partial charge in [-0.15, -0.1) is 0 Å². The van der Waals surface area contributed by atoms with Crippen molar-refractivity contribution >= 4 is 23.5 Å². The molecule has 1 aromatic heterocycles. The zero-order chi connectivity index (χ0) is 18.2. The van der Waals surface area contributed by atoms with Gasteiger partial charge < -0.3 is 19.8 Å². The zero-order valence-corrected chi connectivity index (χ0v) is 13.5. The van der Waals surface area contributed by atoms with Crippen LogP contribution in [0.2, 0.25) is 0 Å². The third-order valence-electron chi connectivity index (χ3n) is 3.15. The van der Waals surface area contributed by atoms with E-state index < -0.39 is 29.7 Å². The summed E-state index contributed by atoms with van der Waals surface area (Å²) in [6.07, 6.45) is 0.240. The second-order valence-electron chi connectivity index (χ2n) is 5.11. The molecule has 2 rings (SSSR count). The van der Waals surface area contributed by atoms with Crippen LogP contribution in [0, 0.1) is 5.82 Å². The van der Waals surface area contributed by atoms with E-state index in [1.54, 1.807) is 6.07 Å². The van der Waals surface area contributed by atoms with Gasteiger partial charge in [-0.25, -0.2) is 4.39 Å². The topological polar surface area (TPSA) is 97.6 Å². The van der Waals surface area contributed by atoms with E-state index in [0.29, 0.717) is 5.69 Å². The van der Waals surface area contributed by atoms with Gasteiger partial charge in [0.1, 0.15) is 5.82 Å². The van der Waals surface area contributed by atoms with Crippen LogP contribution in [0.25, 0.3) is 0 Å². The van der Waals surface area contributed by atoms with Crippen LogP contribution >= 0.6 is 0 Å². The Morgan fingerprint density at radius 2 is 1.92 bits per heavy atom. The first-order chi connectivity index (χ1) is 12.0. The lowest BCUT2D eigenvalue weighted by atomic mass is 10.3. The Balaban J connectivity index is 1.71. The Bertz CT molecular complexity index is 728. The molecule has 0 saturated heterocycles. The van der Waals surface area contributed by atoms with Gasteiger partial charge in [-0.05, 0) is 43.3 Å². The molecule has 2 amide bonds. The molecule has 0 aliphatic heterocycles. The second kappa shape index (κ2) is 8.62. The first kappa shape index (κ1) is 18.2. The van der Waals surface area contributed by atoms with Crippen molar-refractivity contribution in [1.82, 2.24) is 5.32 Å². The van der Waals surface area contributed by atoms with E-state index in [1.165, 1.54) is 43.5 Å². The zero-order valence-electron chi connectivity index (χ0n) is 13.5. The van der Waals surface area contributed by atoms with E-state index in [9.17, 15) is 18.8 Å². The monoisotopic (exact) mass is 348 g/mol. The number of halogens is 1. The Hall–Kier alpha value is -3.16. The van der Waals surface area contributed by atoms with Gasteiger partial charge in [-0.1, -0.05) is 0 Å². The molecule has 0 fully saturated rings. The molecule has 0 saturated carbocycles. The van der Waals surface area contributed by atoms with E-state index in [0.717, 1.165) is 0 Å². The number of benzene rings is 1. The Morgan fingerprint density at radius 3 is 2.56 bits per heavy atom. The number of carbonyl (C=O) groups is 3. The molecule has 7 nitrogen and oxygen atoms in total. The van der Waals surface area contributed by atoms with Crippen LogP contribution < -0.4 is 10.6 Å². The molecular formula is C17H17FN2O5. The number of furan rings is 1. The molecule has 1 atom stereocenters. The molecule has 0 aliphatic carbocycles. The van der Waals surface area contributed by atoms with Gasteiger partial charge in [0.25, 0.3) is 11.8 Å². The van der Waals surface area contributed by atoms with Crippen LogP contribution in [0.4, 0.5) is 10.1 Å². The van der Waals surface area contributed by atoms with Crippen molar-refractivity contribution in [3.8, 4) is 0 Å². The fourth-order valence-corrected chi connectivity index (χ4v) is 1.86. The highest BCUT2D eigenvalue weighted by Gasteiger charge is 2.18. The molecule has 1 aromatic carbocycles. The largest absolute Gasteiger partial charge is 0.459 e. The summed E-state index contributed by atoms with van der Waals surface area (Å²) < 4.78 is 22.7. The van der Waals surface area contributed by atoms with Crippen molar-refractivity contribution in [3.05, 3.63) is 54.2 Å². The van der Waals surface area contributed by atoms with Gasteiger partial charge in [-0.2, -0.15) is 0 Å². The number of anilines is 1. The Kier molecular flexibility index (Phi) is 6.27. The van der Waals surface area contributed by atoms with Crippen LogP contribution in [0.1, 0.15) is 23.9 Å². The summed E-state index contributed by atoms with van der Waals surface area (Å²) in [6.45, 7) is 1.46. The van der Waals surface area contributed by atoms with E-state index in [1.807, 2.05) is 0 Å². The fraction of sp³-hybridized carbons (Fsp3) is 0.235. The first-order valence-electron chi connectivity index (χ1n) is 7.53. The van der Waals surface area contributed by atoms with Crippen molar-refractivity contribution in [2.24, 2.45) is 0 Å². The molecule has 1 heterocycles. The minimum Gasteiger partial charge on any atom is -0.459 e. The van der Waals surface area contributed by atoms with Crippen molar-refractivity contribution in [2.45, 2.75) is 19.4 Å². The van der Waals surface area contributed by atoms with Crippen LogP contribution in [-0.2, 0) is 14.3 Å². The van der Waals surface area contributed by atoms with Crippen LogP contribution in [0.5, 0.6) is 0 Å². The summed E-state index contributed by atoms with van der Waals surface area (Å²) in [5.74, 6) is -1.91. The number of hydrogen-bond donors (Lipinski definition) is 2. The van der Waals surface area contributed by atoms with Gasteiger partial charge in [0.05, 0.1) is 12.7 Å². The van der Waals surface area contributed by atoms with Gasteiger partial charge in [0.15, 0.2) is 11.9 Å². The van der Waals surface area contributed by atoms with Crippen molar-refractivity contribution in [1.29, 1.82) is 0 Å². The summed E-state index contributed by atoms with van der Waals surface area (Å²) in [5.41, 5.74) is 0.389. The molecule has 0 bridgehead atoms. The summed E-state index contributed by atoms with van der Waals surface area (Å²) in [4.78, 5) is 35.2. The van der Waals surface area contributed by atoms with Crippen LogP contribution in [0.15, 0.2) is 47.1 Å². The molecule has 132 valence electrons. The normalized spacial score (nSPS) is 11.4. The van der Waals surface area contributed by atoms with E-state index in [-0.39, 0.29) is 18.7 Å². The molecule has 0 unspecified atom stereocenters. The number of nitrogens with one attached hydrogen (secondary N) is 2. The van der Waals surface area contributed by atoms with Gasteiger partial charge in [0.2, 0.25) is 0 Å². The molecule has 0 aliphatic rings. The number of amides is 2. The van der Waals surface area contributed by atoms with Crippen molar-refractivity contribution < 1.29 is 27.9 Å². The minimum absolute atomic E-state index is 0.0463. The molecule has 2 N–H and O–H groups in total. The molecule has 2 aromatic rings. The number of rotatable bonds is 7. The van der Waals surface area contributed by atoms with Gasteiger partial charge in [-0.3, -0.25) is 14.4 Å². The maximum atomic E-state index is 12.8. The fourth-order valence-electron chi connectivity index (χ4n) is 1.86. The van der Waals surface area contributed by atoms with E-state index in [4.69, 9.17) is 9.15 Å². The quantitative estimate of drug-likeness (QED) is 0.747. The summed E-state index contributed by atoms with van der Waals surface area (Å²) >= 11 is 0. The average Bonchev–Trinajstić information content (AvgIpc) is 3.11. The Morgan fingerprint density at radius 1 is 1.20 bits per heavy atom. The number of carbonyl (C=O) groups excluding carboxylic acids is 3. The van der Waals surface area contributed by atoms with Crippen molar-refractivity contribution in [3.63, 3.8) is 0 Å². The van der Waals surface area contributed by atoms with Gasteiger partial charge in [0, 0.05) is 12.2 Å². The van der Waals surface area contributed by atoms with Crippen molar-refractivity contribution in [2.75, 3.05) is 11.9 Å². The minimum atomic E-state index is -1.03.